The van der Waals surface area contributed by atoms with Gasteiger partial charge in [0.25, 0.3) is 0 Å². The molecule has 1 aliphatic carbocycles. The van der Waals surface area contributed by atoms with Gasteiger partial charge in [0.15, 0.2) is 0 Å². The molecule has 0 bridgehead atoms. The third kappa shape index (κ3) is 4.54. The molecule has 2 N–H and O–H groups in total. The fourth-order valence-electron chi connectivity index (χ4n) is 1.91. The second-order valence-corrected chi connectivity index (χ2v) is 4.24. The van der Waals surface area contributed by atoms with Crippen molar-refractivity contribution in [3.8, 4) is 0 Å². The lowest BCUT2D eigenvalue weighted by Gasteiger charge is -2.21. The van der Waals surface area contributed by atoms with Gasteiger partial charge in [-0.1, -0.05) is 32.6 Å². The standard InChI is InChI=1S/C12H23NO/c1-2-3-9-12(14)10-13-11-7-5-4-6-8-11/h10-11,13-14H,2-9H2,1H3. The molecule has 0 radical (unpaired) electrons. The van der Waals surface area contributed by atoms with Gasteiger partial charge in [0, 0.05) is 18.7 Å². The van der Waals surface area contributed by atoms with Crippen LogP contribution in [0.5, 0.6) is 0 Å². The highest BCUT2D eigenvalue weighted by Gasteiger charge is 2.10. The number of unbranched alkanes of at least 4 members (excludes halogenated alkanes) is 1. The van der Waals surface area contributed by atoms with Crippen LogP contribution in [0.15, 0.2) is 12.0 Å². The number of rotatable bonds is 5. The first-order valence-corrected chi connectivity index (χ1v) is 5.97. The van der Waals surface area contributed by atoms with Gasteiger partial charge in [-0.3, -0.25) is 0 Å². The molecule has 0 unspecified atom stereocenters. The predicted octanol–water partition coefficient (Wildman–Crippen LogP) is 3.50. The normalized spacial score (nSPS) is 19.6. The van der Waals surface area contributed by atoms with Crippen molar-refractivity contribution in [3.63, 3.8) is 0 Å². The van der Waals surface area contributed by atoms with E-state index in [4.69, 9.17) is 0 Å². The van der Waals surface area contributed by atoms with Crippen molar-refractivity contribution in [1.82, 2.24) is 5.32 Å². The lowest BCUT2D eigenvalue weighted by Crippen LogP contribution is -2.26. The van der Waals surface area contributed by atoms with Gasteiger partial charge in [0.2, 0.25) is 0 Å². The van der Waals surface area contributed by atoms with E-state index in [2.05, 4.69) is 12.2 Å². The maximum absolute atomic E-state index is 9.51. The Labute approximate surface area is 87.4 Å². The number of nitrogens with one attached hydrogen (secondary N) is 1. The molecule has 0 heterocycles. The van der Waals surface area contributed by atoms with Gasteiger partial charge >= 0.3 is 0 Å². The third-order valence-electron chi connectivity index (χ3n) is 2.88. The van der Waals surface area contributed by atoms with Crippen molar-refractivity contribution in [3.05, 3.63) is 12.0 Å². The van der Waals surface area contributed by atoms with E-state index in [9.17, 15) is 5.11 Å². The summed E-state index contributed by atoms with van der Waals surface area (Å²) in [4.78, 5) is 0. The predicted molar refractivity (Wildman–Crippen MR) is 60.2 cm³/mol. The lowest BCUT2D eigenvalue weighted by molar-refractivity contribution is 0.362. The second-order valence-electron chi connectivity index (χ2n) is 4.24. The van der Waals surface area contributed by atoms with Crippen LogP contribution >= 0.6 is 0 Å². The molecule has 0 amide bonds. The van der Waals surface area contributed by atoms with Crippen LogP contribution < -0.4 is 5.32 Å². The molecule has 1 rings (SSSR count). The molecule has 0 saturated heterocycles. The lowest BCUT2D eigenvalue weighted by atomic mass is 9.96. The van der Waals surface area contributed by atoms with Gasteiger partial charge in [-0.05, 0) is 19.3 Å². The Kier molecular flexibility index (Phi) is 5.50. The molecule has 0 aromatic rings. The van der Waals surface area contributed by atoms with Crippen molar-refractivity contribution in [2.24, 2.45) is 0 Å². The van der Waals surface area contributed by atoms with Gasteiger partial charge in [-0.25, -0.2) is 0 Å². The zero-order valence-electron chi connectivity index (χ0n) is 9.26. The summed E-state index contributed by atoms with van der Waals surface area (Å²) < 4.78 is 0. The largest absolute Gasteiger partial charge is 0.511 e. The molecule has 2 nitrogen and oxygen atoms in total. The summed E-state index contributed by atoms with van der Waals surface area (Å²) in [5.74, 6) is 0.512. The van der Waals surface area contributed by atoms with E-state index >= 15 is 0 Å². The van der Waals surface area contributed by atoms with Gasteiger partial charge in [-0.15, -0.1) is 0 Å². The Hall–Kier alpha value is -0.660. The molecule has 0 spiro atoms. The molecule has 1 fully saturated rings. The fraction of sp³-hybridized carbons (Fsp3) is 0.833. The molecule has 1 aliphatic rings. The molecule has 14 heavy (non-hydrogen) atoms. The van der Waals surface area contributed by atoms with Crippen LogP contribution in [-0.4, -0.2) is 11.1 Å². The number of aliphatic hydroxyl groups excluding tert-OH is 1. The first-order valence-electron chi connectivity index (χ1n) is 5.97. The Balaban J connectivity index is 2.15. The Bertz CT molecular complexity index is 171. The monoisotopic (exact) mass is 197 g/mol. The van der Waals surface area contributed by atoms with Crippen molar-refractivity contribution in [2.75, 3.05) is 0 Å². The third-order valence-corrected chi connectivity index (χ3v) is 2.88. The summed E-state index contributed by atoms with van der Waals surface area (Å²) in [5.41, 5.74) is 0. The summed E-state index contributed by atoms with van der Waals surface area (Å²) in [6, 6.07) is 0.604. The molecular weight excluding hydrogens is 174 g/mol. The molecular formula is C12H23NO. The topological polar surface area (TPSA) is 32.3 Å². The van der Waals surface area contributed by atoms with Crippen LogP contribution in [0.3, 0.4) is 0 Å². The Morgan fingerprint density at radius 3 is 2.71 bits per heavy atom. The number of hydrogen-bond donors (Lipinski definition) is 2. The summed E-state index contributed by atoms with van der Waals surface area (Å²) in [6.45, 7) is 2.14. The van der Waals surface area contributed by atoms with E-state index < -0.39 is 0 Å². The van der Waals surface area contributed by atoms with Crippen LogP contribution in [0, 0.1) is 0 Å². The van der Waals surface area contributed by atoms with E-state index in [-0.39, 0.29) is 0 Å². The van der Waals surface area contributed by atoms with Crippen molar-refractivity contribution >= 4 is 0 Å². The molecule has 0 aromatic heterocycles. The molecule has 2 heteroatoms. The highest BCUT2D eigenvalue weighted by molar-refractivity contribution is 4.91. The van der Waals surface area contributed by atoms with Crippen LogP contribution in [0.25, 0.3) is 0 Å². The maximum Gasteiger partial charge on any atom is 0.108 e. The average molecular weight is 197 g/mol. The molecule has 0 atom stereocenters. The minimum atomic E-state index is 0.512. The highest BCUT2D eigenvalue weighted by atomic mass is 16.3. The molecule has 0 aromatic carbocycles. The van der Waals surface area contributed by atoms with Gasteiger partial charge in [-0.2, -0.15) is 0 Å². The average Bonchev–Trinajstić information content (AvgIpc) is 2.25. The van der Waals surface area contributed by atoms with Crippen molar-refractivity contribution in [1.29, 1.82) is 0 Å². The van der Waals surface area contributed by atoms with Crippen LogP contribution in [-0.2, 0) is 0 Å². The summed E-state index contributed by atoms with van der Waals surface area (Å²) in [7, 11) is 0. The first-order chi connectivity index (χ1) is 6.83. The second kappa shape index (κ2) is 6.74. The van der Waals surface area contributed by atoms with E-state index in [1.165, 1.54) is 32.1 Å². The molecule has 82 valence electrons. The van der Waals surface area contributed by atoms with E-state index in [1.807, 2.05) is 6.20 Å². The van der Waals surface area contributed by atoms with Crippen molar-refractivity contribution in [2.45, 2.75) is 64.3 Å². The summed E-state index contributed by atoms with van der Waals surface area (Å²) >= 11 is 0. The summed E-state index contributed by atoms with van der Waals surface area (Å²) in [5, 5.41) is 12.8. The number of hydrogen-bond acceptors (Lipinski definition) is 2. The van der Waals surface area contributed by atoms with E-state index in [0.29, 0.717) is 11.8 Å². The van der Waals surface area contributed by atoms with E-state index in [1.54, 1.807) is 0 Å². The molecule has 1 saturated carbocycles. The van der Waals surface area contributed by atoms with Crippen LogP contribution in [0.2, 0.25) is 0 Å². The zero-order chi connectivity index (χ0) is 10.2. The van der Waals surface area contributed by atoms with Gasteiger partial charge < -0.3 is 10.4 Å². The fourth-order valence-corrected chi connectivity index (χ4v) is 1.91. The highest BCUT2D eigenvalue weighted by Crippen LogP contribution is 2.17. The van der Waals surface area contributed by atoms with Crippen molar-refractivity contribution < 1.29 is 5.11 Å². The Morgan fingerprint density at radius 1 is 1.36 bits per heavy atom. The van der Waals surface area contributed by atoms with Crippen LogP contribution in [0.1, 0.15) is 58.3 Å². The minimum absolute atomic E-state index is 0.512. The number of allylic oxidation sites excluding steroid dienone is 1. The van der Waals surface area contributed by atoms with Crippen LogP contribution in [0.4, 0.5) is 0 Å². The smallest absolute Gasteiger partial charge is 0.108 e. The zero-order valence-corrected chi connectivity index (χ0v) is 9.26. The van der Waals surface area contributed by atoms with E-state index in [0.717, 1.165) is 19.3 Å². The summed E-state index contributed by atoms with van der Waals surface area (Å²) in [6.07, 6.45) is 11.4. The minimum Gasteiger partial charge on any atom is -0.511 e. The maximum atomic E-state index is 9.51. The van der Waals surface area contributed by atoms with Gasteiger partial charge in [0.05, 0.1) is 0 Å². The van der Waals surface area contributed by atoms with Gasteiger partial charge in [0.1, 0.15) is 5.76 Å². The number of aliphatic hydroxyl groups is 1. The molecule has 0 aliphatic heterocycles. The SMILES string of the molecule is CCCCC(O)=CNC1CCCCC1. The quantitative estimate of drug-likeness (QED) is 0.661. The first kappa shape index (κ1) is 11.4. The Morgan fingerprint density at radius 2 is 2.07 bits per heavy atom.